The number of rotatable bonds is 1. The van der Waals surface area contributed by atoms with E-state index in [2.05, 4.69) is 17.2 Å². The van der Waals surface area contributed by atoms with Gasteiger partial charge in [-0.2, -0.15) is 11.3 Å². The molecule has 2 heteroatoms. The zero-order valence-electron chi connectivity index (χ0n) is 6.04. The molecule has 1 fully saturated rings. The number of ether oxygens (including phenoxy) is 1. The van der Waals surface area contributed by atoms with Crippen LogP contribution < -0.4 is 0 Å². The molecule has 2 rings (SSSR count). The van der Waals surface area contributed by atoms with Crippen molar-refractivity contribution in [2.75, 3.05) is 6.61 Å². The third kappa shape index (κ3) is 2.07. The van der Waals surface area contributed by atoms with Crippen molar-refractivity contribution < 1.29 is 4.74 Å². The Morgan fingerprint density at radius 1 is 1.73 bits per heavy atom. The largest absolute Gasteiger partial charge is 0.372 e. The lowest BCUT2D eigenvalue weighted by Gasteiger charge is -1.77. The molecule has 1 atom stereocenters. The van der Waals surface area contributed by atoms with Crippen LogP contribution in [0.1, 0.15) is 12.0 Å². The maximum atomic E-state index is 5.03. The van der Waals surface area contributed by atoms with Crippen molar-refractivity contribution >= 4 is 11.3 Å². The summed E-state index contributed by atoms with van der Waals surface area (Å²) in [7, 11) is 0. The zero-order valence-corrected chi connectivity index (χ0v) is 6.86. The van der Waals surface area contributed by atoms with E-state index in [1.165, 1.54) is 0 Å². The average Bonchev–Trinajstić information content (AvgIpc) is 2.66. The minimum absolute atomic E-state index is 0.432. The first-order valence-electron chi connectivity index (χ1n) is 3.58. The average molecular weight is 164 g/mol. The Morgan fingerprint density at radius 3 is 3.27 bits per heavy atom. The van der Waals surface area contributed by atoms with Gasteiger partial charge in [0.1, 0.15) is 0 Å². The van der Waals surface area contributed by atoms with Gasteiger partial charge in [-0.3, -0.25) is 0 Å². The van der Waals surface area contributed by atoms with Gasteiger partial charge in [-0.25, -0.2) is 0 Å². The van der Waals surface area contributed by atoms with Gasteiger partial charge in [0, 0.05) is 17.4 Å². The smallest absolute Gasteiger partial charge is 0.0918 e. The number of thiophene rings is 1. The van der Waals surface area contributed by atoms with Crippen LogP contribution in [0.3, 0.4) is 0 Å². The molecule has 1 aromatic rings. The molecule has 1 saturated heterocycles. The summed E-state index contributed by atoms with van der Waals surface area (Å²) in [6.45, 7) is 0.901. The quantitative estimate of drug-likeness (QED) is 0.456. The maximum Gasteiger partial charge on any atom is 0.0918 e. The Bertz CT molecular complexity index is 274. The fraction of sp³-hybridized carbons (Fsp3) is 0.333. The standard InChI is InChI=1S/C9H8OS/c1(3-9-6-10-9)2-8-4-5-11-7-8/h4-5,7,9H,3,6H2. The highest BCUT2D eigenvalue weighted by atomic mass is 32.1. The molecule has 11 heavy (non-hydrogen) atoms. The van der Waals surface area contributed by atoms with Gasteiger partial charge < -0.3 is 4.74 Å². The third-order valence-corrected chi connectivity index (χ3v) is 2.17. The summed E-state index contributed by atoms with van der Waals surface area (Å²) in [5.74, 6) is 6.16. The monoisotopic (exact) mass is 164 g/mol. The van der Waals surface area contributed by atoms with Crippen molar-refractivity contribution in [3.63, 3.8) is 0 Å². The summed E-state index contributed by atoms with van der Waals surface area (Å²) in [6.07, 6.45) is 1.32. The fourth-order valence-electron chi connectivity index (χ4n) is 0.788. The van der Waals surface area contributed by atoms with Gasteiger partial charge in [-0.05, 0) is 11.4 Å². The van der Waals surface area contributed by atoms with Gasteiger partial charge in [0.25, 0.3) is 0 Å². The second kappa shape index (κ2) is 3.08. The van der Waals surface area contributed by atoms with Gasteiger partial charge >= 0.3 is 0 Å². The summed E-state index contributed by atoms with van der Waals surface area (Å²) in [6, 6.07) is 2.03. The SMILES string of the molecule is C(#Cc1ccsc1)CC1CO1. The highest BCUT2D eigenvalue weighted by Gasteiger charge is 2.20. The minimum atomic E-state index is 0.432. The van der Waals surface area contributed by atoms with E-state index in [1.54, 1.807) is 11.3 Å². The summed E-state index contributed by atoms with van der Waals surface area (Å²) in [5, 5.41) is 4.10. The van der Waals surface area contributed by atoms with Crippen LogP contribution >= 0.6 is 11.3 Å². The summed E-state index contributed by atoms with van der Waals surface area (Å²) < 4.78 is 5.03. The molecule has 1 unspecified atom stereocenters. The second-order valence-corrected chi connectivity index (χ2v) is 3.25. The normalized spacial score (nSPS) is 20.5. The lowest BCUT2D eigenvalue weighted by atomic mass is 10.3. The van der Waals surface area contributed by atoms with Crippen molar-refractivity contribution in [2.45, 2.75) is 12.5 Å². The van der Waals surface area contributed by atoms with E-state index in [-0.39, 0.29) is 0 Å². The van der Waals surface area contributed by atoms with Gasteiger partial charge in [0.05, 0.1) is 12.7 Å². The van der Waals surface area contributed by atoms with Gasteiger partial charge in [-0.1, -0.05) is 11.8 Å². The first kappa shape index (κ1) is 6.90. The second-order valence-electron chi connectivity index (χ2n) is 2.47. The van der Waals surface area contributed by atoms with E-state index in [0.717, 1.165) is 18.6 Å². The molecule has 0 bridgehead atoms. The molecule has 2 heterocycles. The van der Waals surface area contributed by atoms with Crippen molar-refractivity contribution in [1.29, 1.82) is 0 Å². The van der Waals surface area contributed by atoms with Crippen LogP contribution in [0.5, 0.6) is 0 Å². The van der Waals surface area contributed by atoms with Crippen LogP contribution in [0, 0.1) is 11.8 Å². The third-order valence-electron chi connectivity index (χ3n) is 1.49. The number of hydrogen-bond donors (Lipinski definition) is 0. The molecule has 0 radical (unpaired) electrons. The Kier molecular flexibility index (Phi) is 1.93. The molecule has 0 aromatic carbocycles. The Morgan fingerprint density at radius 2 is 2.64 bits per heavy atom. The van der Waals surface area contributed by atoms with Crippen LogP contribution in [0.4, 0.5) is 0 Å². The maximum absolute atomic E-state index is 5.03. The van der Waals surface area contributed by atoms with E-state index in [9.17, 15) is 0 Å². The van der Waals surface area contributed by atoms with Crippen LogP contribution in [0.15, 0.2) is 16.8 Å². The van der Waals surface area contributed by atoms with Crippen LogP contribution in [-0.4, -0.2) is 12.7 Å². The molecule has 0 spiro atoms. The molecular formula is C9H8OS. The Balaban J connectivity index is 1.90. The van der Waals surface area contributed by atoms with E-state index < -0.39 is 0 Å². The summed E-state index contributed by atoms with van der Waals surface area (Å²) in [5.41, 5.74) is 1.12. The van der Waals surface area contributed by atoms with Gasteiger partial charge in [0.2, 0.25) is 0 Å². The van der Waals surface area contributed by atoms with Gasteiger partial charge in [0.15, 0.2) is 0 Å². The molecule has 0 aliphatic carbocycles. The van der Waals surface area contributed by atoms with Gasteiger partial charge in [-0.15, -0.1) is 0 Å². The van der Waals surface area contributed by atoms with Crippen molar-refractivity contribution in [1.82, 2.24) is 0 Å². The topological polar surface area (TPSA) is 12.5 Å². The van der Waals surface area contributed by atoms with Crippen LogP contribution in [-0.2, 0) is 4.74 Å². The highest BCUT2D eigenvalue weighted by molar-refractivity contribution is 7.08. The predicted octanol–water partition coefficient (Wildman–Crippen LogP) is 1.89. The van der Waals surface area contributed by atoms with E-state index >= 15 is 0 Å². The molecule has 1 aliphatic heterocycles. The molecule has 0 amide bonds. The minimum Gasteiger partial charge on any atom is -0.372 e. The van der Waals surface area contributed by atoms with Crippen molar-refractivity contribution in [2.24, 2.45) is 0 Å². The zero-order chi connectivity index (χ0) is 7.52. The summed E-state index contributed by atoms with van der Waals surface area (Å²) in [4.78, 5) is 0. The Hall–Kier alpha value is -0.780. The summed E-state index contributed by atoms with van der Waals surface area (Å²) >= 11 is 1.68. The fourth-order valence-corrected chi connectivity index (χ4v) is 1.38. The van der Waals surface area contributed by atoms with E-state index in [1.807, 2.05) is 11.4 Å². The molecule has 1 aromatic heterocycles. The van der Waals surface area contributed by atoms with Crippen LogP contribution in [0.2, 0.25) is 0 Å². The molecular weight excluding hydrogens is 156 g/mol. The lowest BCUT2D eigenvalue weighted by Crippen LogP contribution is -1.78. The molecule has 1 aliphatic rings. The molecule has 1 nitrogen and oxygen atoms in total. The number of hydrogen-bond acceptors (Lipinski definition) is 2. The van der Waals surface area contributed by atoms with Crippen molar-refractivity contribution in [3.8, 4) is 11.8 Å². The highest BCUT2D eigenvalue weighted by Crippen LogP contribution is 2.12. The Labute approximate surface area is 70.0 Å². The first-order valence-corrected chi connectivity index (χ1v) is 4.52. The van der Waals surface area contributed by atoms with Crippen molar-refractivity contribution in [3.05, 3.63) is 22.4 Å². The molecule has 0 saturated carbocycles. The van der Waals surface area contributed by atoms with E-state index in [4.69, 9.17) is 4.74 Å². The molecule has 0 N–H and O–H groups in total. The lowest BCUT2D eigenvalue weighted by molar-refractivity contribution is 0.412. The number of epoxide rings is 1. The first-order chi connectivity index (χ1) is 5.45. The molecule has 56 valence electrons. The van der Waals surface area contributed by atoms with Crippen LogP contribution in [0.25, 0.3) is 0 Å². The predicted molar refractivity (Wildman–Crippen MR) is 45.6 cm³/mol. The van der Waals surface area contributed by atoms with E-state index in [0.29, 0.717) is 6.10 Å².